The molecule has 4 rings (SSSR count). The third-order valence-corrected chi connectivity index (χ3v) is 6.20. The van der Waals surface area contributed by atoms with Gasteiger partial charge in [0.15, 0.2) is 12.4 Å². The fraction of sp³-hybridized carbons (Fsp3) is 0.500. The second kappa shape index (κ2) is 6.55. The quantitative estimate of drug-likeness (QED) is 0.448. The normalized spacial score (nSPS) is 29.8. The molecule has 27 heavy (non-hydrogen) atoms. The highest BCUT2D eigenvalue weighted by molar-refractivity contribution is 6.08. The van der Waals surface area contributed by atoms with Crippen LogP contribution in [0.5, 0.6) is 0 Å². The Morgan fingerprint density at radius 3 is 2.22 bits per heavy atom. The number of carbonyl (C=O) groups is 4. The van der Waals surface area contributed by atoms with E-state index in [0.29, 0.717) is 0 Å². The van der Waals surface area contributed by atoms with E-state index in [4.69, 9.17) is 4.74 Å². The molecular weight excluding hydrogens is 353 g/mol. The van der Waals surface area contributed by atoms with E-state index < -0.39 is 30.2 Å². The molecule has 0 radical (unpaired) electrons. The first-order chi connectivity index (χ1) is 12.9. The summed E-state index contributed by atoms with van der Waals surface area (Å²) in [6.45, 7) is 0.923. The molecule has 7 heteroatoms. The van der Waals surface area contributed by atoms with Crippen LogP contribution in [0, 0.1) is 29.5 Å². The van der Waals surface area contributed by atoms with Crippen LogP contribution in [-0.4, -0.2) is 41.1 Å². The van der Waals surface area contributed by atoms with Gasteiger partial charge in [0.25, 0.3) is 0 Å². The van der Waals surface area contributed by atoms with Crippen molar-refractivity contribution in [3.63, 3.8) is 0 Å². The summed E-state index contributed by atoms with van der Waals surface area (Å²) >= 11 is 0. The zero-order chi connectivity index (χ0) is 19.3. The molecule has 1 aromatic rings. The number of esters is 1. The molecule has 1 saturated heterocycles. The highest BCUT2D eigenvalue weighted by Crippen LogP contribution is 2.56. The SMILES string of the molecule is C[C@H](C(=O)OCC(=O)c1ccc(F)cc1)N1C(=O)[C@@H]2[C@H]3CC[C@@H](C3)[C@@H]2C1=O. The molecule has 1 heterocycles. The Morgan fingerprint density at radius 1 is 1.11 bits per heavy atom. The number of ether oxygens (including phenoxy) is 1. The lowest BCUT2D eigenvalue weighted by Gasteiger charge is -2.22. The van der Waals surface area contributed by atoms with Gasteiger partial charge >= 0.3 is 5.97 Å². The Labute approximate surface area is 155 Å². The maximum atomic E-state index is 12.9. The van der Waals surface area contributed by atoms with Crippen molar-refractivity contribution in [2.24, 2.45) is 23.7 Å². The zero-order valence-electron chi connectivity index (χ0n) is 14.9. The van der Waals surface area contributed by atoms with Gasteiger partial charge in [-0.25, -0.2) is 9.18 Å². The van der Waals surface area contributed by atoms with E-state index in [2.05, 4.69) is 0 Å². The number of fused-ring (bicyclic) bond motifs is 5. The van der Waals surface area contributed by atoms with Gasteiger partial charge in [-0.2, -0.15) is 0 Å². The molecule has 2 aliphatic carbocycles. The number of imide groups is 1. The van der Waals surface area contributed by atoms with Crippen molar-refractivity contribution >= 4 is 23.6 Å². The largest absolute Gasteiger partial charge is 0.456 e. The van der Waals surface area contributed by atoms with E-state index in [0.717, 1.165) is 36.3 Å². The smallest absolute Gasteiger partial charge is 0.329 e. The van der Waals surface area contributed by atoms with Crippen LogP contribution in [-0.2, 0) is 19.1 Å². The van der Waals surface area contributed by atoms with Crippen molar-refractivity contribution in [3.05, 3.63) is 35.6 Å². The van der Waals surface area contributed by atoms with Crippen molar-refractivity contribution in [3.8, 4) is 0 Å². The molecule has 0 aromatic heterocycles. The second-order valence-electron chi connectivity index (χ2n) is 7.65. The minimum atomic E-state index is -1.06. The minimum absolute atomic E-state index is 0.219. The van der Waals surface area contributed by atoms with E-state index in [1.807, 2.05) is 0 Å². The van der Waals surface area contributed by atoms with Crippen LogP contribution in [0.1, 0.15) is 36.5 Å². The van der Waals surface area contributed by atoms with Gasteiger partial charge < -0.3 is 4.74 Å². The summed E-state index contributed by atoms with van der Waals surface area (Å²) in [6, 6.07) is 3.84. The first-order valence-electron chi connectivity index (χ1n) is 9.20. The van der Waals surface area contributed by atoms with Gasteiger partial charge in [-0.15, -0.1) is 0 Å². The van der Waals surface area contributed by atoms with Crippen molar-refractivity contribution in [1.82, 2.24) is 4.90 Å². The average Bonchev–Trinajstić information content (AvgIpc) is 3.33. The Balaban J connectivity index is 1.39. The van der Waals surface area contributed by atoms with Gasteiger partial charge in [-0.05, 0) is 62.3 Å². The van der Waals surface area contributed by atoms with Crippen molar-refractivity contribution < 1.29 is 28.3 Å². The maximum absolute atomic E-state index is 12.9. The number of Topliss-reactive ketones (excluding diaryl/α,β-unsaturated/α-hetero) is 1. The molecule has 3 aliphatic rings. The van der Waals surface area contributed by atoms with E-state index in [9.17, 15) is 23.6 Å². The van der Waals surface area contributed by atoms with Crippen LogP contribution in [0.25, 0.3) is 0 Å². The third-order valence-electron chi connectivity index (χ3n) is 6.20. The van der Waals surface area contributed by atoms with Crippen LogP contribution in [0.4, 0.5) is 4.39 Å². The number of benzene rings is 1. The Kier molecular flexibility index (Phi) is 4.32. The predicted octanol–water partition coefficient (Wildman–Crippen LogP) is 1.97. The topological polar surface area (TPSA) is 80.8 Å². The van der Waals surface area contributed by atoms with Gasteiger partial charge in [0.2, 0.25) is 11.8 Å². The number of hydrogen-bond acceptors (Lipinski definition) is 5. The molecule has 2 amide bonds. The number of rotatable bonds is 5. The van der Waals surface area contributed by atoms with Gasteiger partial charge in [0, 0.05) is 5.56 Å². The van der Waals surface area contributed by atoms with E-state index in [1.54, 1.807) is 0 Å². The van der Waals surface area contributed by atoms with Crippen LogP contribution in [0.2, 0.25) is 0 Å². The van der Waals surface area contributed by atoms with Gasteiger partial charge in [-0.3, -0.25) is 19.3 Å². The first kappa shape index (κ1) is 17.8. The molecule has 3 fully saturated rings. The fourth-order valence-corrected chi connectivity index (χ4v) is 4.90. The third kappa shape index (κ3) is 2.85. The highest BCUT2D eigenvalue weighted by atomic mass is 19.1. The monoisotopic (exact) mass is 373 g/mol. The number of nitrogens with zero attached hydrogens (tertiary/aromatic N) is 1. The molecule has 0 unspecified atom stereocenters. The Morgan fingerprint density at radius 2 is 1.67 bits per heavy atom. The lowest BCUT2D eigenvalue weighted by molar-refractivity contribution is -0.157. The molecule has 0 N–H and O–H groups in total. The molecule has 5 atom stereocenters. The van der Waals surface area contributed by atoms with Crippen LogP contribution >= 0.6 is 0 Å². The molecular formula is C20H20FNO5. The lowest BCUT2D eigenvalue weighted by Crippen LogP contribution is -2.45. The number of likely N-dealkylation sites (tertiary alicyclic amines) is 1. The van der Waals surface area contributed by atoms with Gasteiger partial charge in [0.05, 0.1) is 11.8 Å². The number of carbonyl (C=O) groups excluding carboxylic acids is 4. The molecule has 6 nitrogen and oxygen atoms in total. The maximum Gasteiger partial charge on any atom is 0.329 e. The van der Waals surface area contributed by atoms with Crippen molar-refractivity contribution in [2.45, 2.75) is 32.2 Å². The second-order valence-corrected chi connectivity index (χ2v) is 7.65. The highest BCUT2D eigenvalue weighted by Gasteiger charge is 2.62. The summed E-state index contributed by atoms with van der Waals surface area (Å²) in [5.41, 5.74) is 0.219. The summed E-state index contributed by atoms with van der Waals surface area (Å²) in [6.07, 6.45) is 2.85. The Bertz CT molecular complexity index is 792. The summed E-state index contributed by atoms with van der Waals surface area (Å²) in [5, 5.41) is 0. The summed E-state index contributed by atoms with van der Waals surface area (Å²) in [7, 11) is 0. The van der Waals surface area contributed by atoms with Crippen LogP contribution in [0.3, 0.4) is 0 Å². The number of amides is 2. The standard InChI is InChI=1S/C20H20FNO5/c1-10(20(26)27-9-15(23)11-4-6-14(21)7-5-11)22-18(24)16-12-2-3-13(8-12)17(16)19(22)25/h4-7,10,12-13,16-17H,2-3,8-9H2,1H3/t10-,12+,13+,16-,17+/m1/s1. The zero-order valence-corrected chi connectivity index (χ0v) is 14.9. The Hall–Kier alpha value is -2.57. The van der Waals surface area contributed by atoms with E-state index in [1.165, 1.54) is 19.1 Å². The molecule has 2 bridgehead atoms. The molecule has 1 aliphatic heterocycles. The van der Waals surface area contributed by atoms with Crippen molar-refractivity contribution in [1.29, 1.82) is 0 Å². The number of ketones is 1. The van der Waals surface area contributed by atoms with Crippen LogP contribution in [0.15, 0.2) is 24.3 Å². The van der Waals surface area contributed by atoms with E-state index in [-0.39, 0.29) is 41.0 Å². The fourth-order valence-electron chi connectivity index (χ4n) is 4.90. The molecule has 1 aromatic carbocycles. The molecule has 2 saturated carbocycles. The van der Waals surface area contributed by atoms with Crippen molar-refractivity contribution in [2.75, 3.05) is 6.61 Å². The summed E-state index contributed by atoms with van der Waals surface area (Å²) in [5.74, 6) is -2.43. The summed E-state index contributed by atoms with van der Waals surface area (Å²) < 4.78 is 17.9. The molecule has 0 spiro atoms. The van der Waals surface area contributed by atoms with Crippen LogP contribution < -0.4 is 0 Å². The van der Waals surface area contributed by atoms with Gasteiger partial charge in [0.1, 0.15) is 11.9 Å². The molecule has 142 valence electrons. The number of halogens is 1. The summed E-state index contributed by atoms with van der Waals surface area (Å²) in [4.78, 5) is 50.8. The average molecular weight is 373 g/mol. The van der Waals surface area contributed by atoms with E-state index >= 15 is 0 Å². The lowest BCUT2D eigenvalue weighted by atomic mass is 9.81. The minimum Gasteiger partial charge on any atom is -0.456 e. The first-order valence-corrected chi connectivity index (χ1v) is 9.20. The number of hydrogen-bond donors (Lipinski definition) is 0. The predicted molar refractivity (Wildman–Crippen MR) is 90.8 cm³/mol. The van der Waals surface area contributed by atoms with Gasteiger partial charge in [-0.1, -0.05) is 0 Å².